The summed E-state index contributed by atoms with van der Waals surface area (Å²) in [5.41, 5.74) is 4.16. The molecule has 15 heteroatoms. The van der Waals surface area contributed by atoms with E-state index in [-0.39, 0.29) is 53.0 Å². The average molecular weight is 783 g/mol. The van der Waals surface area contributed by atoms with E-state index in [1.54, 1.807) is 71.9 Å². The summed E-state index contributed by atoms with van der Waals surface area (Å²) in [6.07, 6.45) is 0.806. The summed E-state index contributed by atoms with van der Waals surface area (Å²) in [5.74, 6) is -1.41. The Kier molecular flexibility index (Phi) is 11.0. The lowest BCUT2D eigenvalue weighted by molar-refractivity contribution is -0.144. The van der Waals surface area contributed by atoms with Gasteiger partial charge in [0, 0.05) is 65.9 Å². The van der Waals surface area contributed by atoms with Gasteiger partial charge in [-0.1, -0.05) is 0 Å². The molecule has 0 saturated carbocycles. The van der Waals surface area contributed by atoms with Gasteiger partial charge in [-0.2, -0.15) is 4.98 Å². The van der Waals surface area contributed by atoms with Gasteiger partial charge in [-0.3, -0.25) is 19.0 Å². The van der Waals surface area contributed by atoms with Crippen LogP contribution in [-0.4, -0.2) is 52.9 Å². The van der Waals surface area contributed by atoms with Gasteiger partial charge in [0.05, 0.1) is 22.9 Å². The number of benzene rings is 3. The molecule has 1 amide bonds. The molecule has 4 aromatic rings. The Labute approximate surface area is 329 Å². The van der Waals surface area contributed by atoms with Gasteiger partial charge in [0.15, 0.2) is 11.9 Å². The highest BCUT2D eigenvalue weighted by atomic mass is 16.7. The highest BCUT2D eigenvalue weighted by Crippen LogP contribution is 2.57. The molecule has 0 fully saturated rings. The lowest BCUT2D eigenvalue weighted by atomic mass is 9.77. The second-order valence-electron chi connectivity index (χ2n) is 15.6. The van der Waals surface area contributed by atoms with Crippen LogP contribution in [0, 0.1) is 10.8 Å². The van der Waals surface area contributed by atoms with E-state index in [4.69, 9.17) is 34.2 Å². The summed E-state index contributed by atoms with van der Waals surface area (Å²) < 4.78 is 36.5. The molecule has 300 valence electrons. The number of nitrogens with one attached hydrogen (secondary N) is 1. The fourth-order valence-corrected chi connectivity index (χ4v) is 6.25. The monoisotopic (exact) mass is 782 g/mol. The predicted octanol–water partition coefficient (Wildman–Crippen LogP) is 5.63. The molecule has 3 aromatic carbocycles. The van der Waals surface area contributed by atoms with E-state index in [1.165, 1.54) is 35.0 Å². The minimum atomic E-state index is -1.63. The number of fused-ring (bicyclic) bond motifs is 6. The summed E-state index contributed by atoms with van der Waals surface area (Å²) in [6, 6.07) is 14.0. The number of nitrogen functional groups attached to an aromatic ring is 1. The number of esters is 3. The van der Waals surface area contributed by atoms with E-state index in [9.17, 15) is 24.0 Å². The number of rotatable bonds is 11. The molecule has 0 atom stereocenters. The Bertz CT molecular complexity index is 2240. The maximum atomic E-state index is 13.8. The highest BCUT2D eigenvalue weighted by molar-refractivity contribution is 6.00. The van der Waals surface area contributed by atoms with Crippen molar-refractivity contribution in [2.24, 2.45) is 10.8 Å². The second-order valence-corrected chi connectivity index (χ2v) is 15.6. The lowest BCUT2D eigenvalue weighted by Crippen LogP contribution is -2.34. The van der Waals surface area contributed by atoms with Crippen molar-refractivity contribution in [3.05, 3.63) is 105 Å². The molecule has 0 bridgehead atoms. The van der Waals surface area contributed by atoms with Gasteiger partial charge in [-0.25, -0.2) is 9.59 Å². The molecule has 6 rings (SSSR count). The van der Waals surface area contributed by atoms with E-state index in [1.807, 2.05) is 13.8 Å². The predicted molar refractivity (Wildman–Crippen MR) is 206 cm³/mol. The number of hydrogen-bond acceptors (Lipinski definition) is 13. The van der Waals surface area contributed by atoms with Crippen LogP contribution in [0.15, 0.2) is 65.6 Å². The summed E-state index contributed by atoms with van der Waals surface area (Å²) in [4.78, 5) is 69.7. The van der Waals surface area contributed by atoms with E-state index in [2.05, 4.69) is 10.3 Å². The van der Waals surface area contributed by atoms with Gasteiger partial charge in [-0.05, 0) is 97.9 Å². The number of nitrogens with two attached hydrogens (primary N) is 1. The lowest BCUT2D eigenvalue weighted by Gasteiger charge is -2.37. The first-order chi connectivity index (χ1) is 26.8. The van der Waals surface area contributed by atoms with E-state index in [0.717, 1.165) is 0 Å². The smallest absolute Gasteiger partial charge is 0.349 e. The van der Waals surface area contributed by atoms with Crippen molar-refractivity contribution in [1.29, 1.82) is 0 Å². The minimum absolute atomic E-state index is 0.0525. The third kappa shape index (κ3) is 8.11. The number of nitrogens with zero attached hydrogens (tertiary/aromatic N) is 2. The molecule has 0 aliphatic carbocycles. The number of amides is 1. The second kappa shape index (κ2) is 15.5. The van der Waals surface area contributed by atoms with Crippen molar-refractivity contribution in [2.75, 3.05) is 18.9 Å². The van der Waals surface area contributed by atoms with Crippen LogP contribution in [-0.2, 0) is 42.5 Å². The van der Waals surface area contributed by atoms with Crippen molar-refractivity contribution < 1.29 is 47.6 Å². The van der Waals surface area contributed by atoms with Crippen LogP contribution in [0.3, 0.4) is 0 Å². The number of carbonyl (C=O) groups is 4. The zero-order valence-corrected chi connectivity index (χ0v) is 33.1. The van der Waals surface area contributed by atoms with Crippen molar-refractivity contribution in [2.45, 2.75) is 80.4 Å². The molecule has 0 saturated heterocycles. The quantitative estimate of drug-likeness (QED) is 0.108. The highest BCUT2D eigenvalue weighted by Gasteiger charge is 2.54. The molecule has 2 aliphatic rings. The molecule has 1 aromatic heterocycles. The summed E-state index contributed by atoms with van der Waals surface area (Å²) in [6.45, 7) is 14.7. The van der Waals surface area contributed by atoms with E-state index < -0.39 is 52.2 Å². The van der Waals surface area contributed by atoms with Crippen molar-refractivity contribution in [3.8, 4) is 23.0 Å². The van der Waals surface area contributed by atoms with Crippen molar-refractivity contribution in [1.82, 2.24) is 14.9 Å². The molecule has 2 aliphatic heterocycles. The van der Waals surface area contributed by atoms with Crippen LogP contribution in [0.1, 0.15) is 98.4 Å². The molecule has 0 radical (unpaired) electrons. The summed E-state index contributed by atoms with van der Waals surface area (Å²) in [5, 5.41) is 2.83. The van der Waals surface area contributed by atoms with Crippen LogP contribution in [0.5, 0.6) is 23.0 Å². The number of carbonyl (C=O) groups excluding carboxylic acids is 4. The van der Waals surface area contributed by atoms with Crippen LogP contribution in [0.4, 0.5) is 5.82 Å². The van der Waals surface area contributed by atoms with Gasteiger partial charge in [0.2, 0.25) is 0 Å². The molecular formula is C42H46N4O11. The first-order valence-electron chi connectivity index (χ1n) is 18.5. The maximum Gasteiger partial charge on any atom is 0.349 e. The third-order valence-corrected chi connectivity index (χ3v) is 9.25. The minimum Gasteiger partial charge on any atom is -0.456 e. The molecule has 3 heterocycles. The topological polar surface area (TPSA) is 197 Å². The maximum absolute atomic E-state index is 13.8. The molecule has 0 unspecified atom stereocenters. The average Bonchev–Trinajstić information content (AvgIpc) is 3.42. The Morgan fingerprint density at radius 2 is 1.39 bits per heavy atom. The van der Waals surface area contributed by atoms with Crippen LogP contribution < -0.4 is 31.0 Å². The van der Waals surface area contributed by atoms with E-state index >= 15 is 0 Å². The molecule has 1 spiro atoms. The van der Waals surface area contributed by atoms with Crippen LogP contribution in [0.25, 0.3) is 0 Å². The first-order valence-corrected chi connectivity index (χ1v) is 18.5. The van der Waals surface area contributed by atoms with Gasteiger partial charge < -0.3 is 39.5 Å². The number of anilines is 1. The zero-order valence-electron chi connectivity index (χ0n) is 33.1. The normalized spacial score (nSPS) is 13.9. The summed E-state index contributed by atoms with van der Waals surface area (Å²) in [7, 11) is 0. The SMILES string of the molecule is CCOC(Cn1cc(CNC(=O)c2ccc3c(c2)C2(OC3=O)c3ccc(OC(=O)C(C)(C)C)cc3Oc3cc(OC(=O)C(C)(C)C)ccc32)c(N)nc1=O)OCC. The largest absolute Gasteiger partial charge is 0.456 e. The standard InChI is InChI=1S/C42H46N4O11/c1-9-52-33(53-10-2)22-46-21-24(34(43)45-39(46)51)20-44-35(47)23-11-14-27-30(17-23)42(57-36(27)48)28-15-12-25(54-37(49)40(3,4)5)18-31(28)56-32-19-26(13-16-29(32)42)55-38(50)41(6,7)8/h11-19,21,33H,9-10,20,22H2,1-8H3,(H,44,47)(H2,43,45,51). The third-order valence-electron chi connectivity index (χ3n) is 9.25. The van der Waals surface area contributed by atoms with Crippen LogP contribution in [0.2, 0.25) is 0 Å². The molecule has 15 nitrogen and oxygen atoms in total. The van der Waals surface area contributed by atoms with Gasteiger partial charge >= 0.3 is 23.6 Å². The molecule has 57 heavy (non-hydrogen) atoms. The molecule has 3 N–H and O–H groups in total. The Morgan fingerprint density at radius 1 is 0.825 bits per heavy atom. The van der Waals surface area contributed by atoms with Gasteiger partial charge in [-0.15, -0.1) is 0 Å². The Morgan fingerprint density at radius 3 is 1.91 bits per heavy atom. The van der Waals surface area contributed by atoms with Crippen molar-refractivity contribution in [3.63, 3.8) is 0 Å². The van der Waals surface area contributed by atoms with Gasteiger partial charge in [0.1, 0.15) is 28.8 Å². The first kappa shape index (κ1) is 40.6. The fraction of sp³-hybridized carbons (Fsp3) is 0.381. The Balaban J connectivity index is 1.38. The summed E-state index contributed by atoms with van der Waals surface area (Å²) >= 11 is 0. The molecular weight excluding hydrogens is 736 g/mol. The number of aromatic nitrogens is 2. The number of hydrogen-bond donors (Lipinski definition) is 2. The fourth-order valence-electron chi connectivity index (χ4n) is 6.25. The number of ether oxygens (including phenoxy) is 6. The van der Waals surface area contributed by atoms with E-state index in [0.29, 0.717) is 35.5 Å². The van der Waals surface area contributed by atoms with Crippen molar-refractivity contribution >= 4 is 29.6 Å². The zero-order chi connectivity index (χ0) is 41.4. The van der Waals surface area contributed by atoms with Gasteiger partial charge in [0.25, 0.3) is 5.91 Å². The Hall–Kier alpha value is -6.06. The van der Waals surface area contributed by atoms with Crippen LogP contribution >= 0.6 is 0 Å².